The predicted octanol–water partition coefficient (Wildman–Crippen LogP) is 2.30. The molecule has 0 fully saturated rings. The molecule has 2 atom stereocenters. The zero-order chi connectivity index (χ0) is 17.1. The van der Waals surface area contributed by atoms with E-state index in [1.165, 1.54) is 12.1 Å². The van der Waals surface area contributed by atoms with Crippen molar-refractivity contribution in [3.63, 3.8) is 0 Å². The summed E-state index contributed by atoms with van der Waals surface area (Å²) in [4.78, 5) is 23.1. The maximum Gasteiger partial charge on any atom is 0.430 e. The SMILES string of the molecule is COC(=O)[C@@](O)([C@@H](Cl)C(=O)Nc1ccc(I)cc1)C(F)(F)F. The first-order valence-corrected chi connectivity index (χ1v) is 7.13. The van der Waals surface area contributed by atoms with Crippen molar-refractivity contribution in [1.29, 1.82) is 0 Å². The predicted molar refractivity (Wildman–Crippen MR) is 80.5 cm³/mol. The molecule has 0 saturated carbocycles. The number of aliphatic hydroxyl groups is 1. The summed E-state index contributed by atoms with van der Waals surface area (Å²) in [6.45, 7) is 0. The van der Waals surface area contributed by atoms with Crippen LogP contribution in [0.15, 0.2) is 24.3 Å². The summed E-state index contributed by atoms with van der Waals surface area (Å²) in [5, 5.41) is 9.04. The van der Waals surface area contributed by atoms with Crippen molar-refractivity contribution in [3.05, 3.63) is 27.8 Å². The molecule has 0 unspecified atom stereocenters. The number of benzene rings is 1. The van der Waals surface area contributed by atoms with E-state index in [2.05, 4.69) is 10.1 Å². The Morgan fingerprint density at radius 3 is 2.23 bits per heavy atom. The zero-order valence-corrected chi connectivity index (χ0v) is 13.9. The molecule has 10 heteroatoms. The molecule has 0 aliphatic rings. The van der Waals surface area contributed by atoms with Gasteiger partial charge in [-0.25, -0.2) is 4.79 Å². The van der Waals surface area contributed by atoms with Gasteiger partial charge in [0, 0.05) is 9.26 Å². The third-order valence-electron chi connectivity index (χ3n) is 2.64. The molecule has 5 nitrogen and oxygen atoms in total. The number of halogens is 5. The highest BCUT2D eigenvalue weighted by atomic mass is 127. The molecule has 0 aromatic heterocycles. The molecule has 0 heterocycles. The summed E-state index contributed by atoms with van der Waals surface area (Å²) >= 11 is 7.39. The van der Waals surface area contributed by atoms with Crippen LogP contribution in [-0.4, -0.2) is 41.2 Å². The molecule has 1 rings (SSSR count). The van der Waals surface area contributed by atoms with Gasteiger partial charge in [-0.2, -0.15) is 13.2 Å². The van der Waals surface area contributed by atoms with Gasteiger partial charge in [0.15, 0.2) is 5.38 Å². The van der Waals surface area contributed by atoms with Crippen molar-refractivity contribution in [2.75, 3.05) is 12.4 Å². The lowest BCUT2D eigenvalue weighted by atomic mass is 9.98. The fourth-order valence-electron chi connectivity index (χ4n) is 1.45. The molecular weight excluding hydrogens is 441 g/mol. The number of esters is 1. The highest BCUT2D eigenvalue weighted by Gasteiger charge is 2.67. The van der Waals surface area contributed by atoms with Gasteiger partial charge < -0.3 is 15.2 Å². The quantitative estimate of drug-likeness (QED) is 0.419. The van der Waals surface area contributed by atoms with Crippen LogP contribution in [0.5, 0.6) is 0 Å². The molecule has 1 aromatic carbocycles. The van der Waals surface area contributed by atoms with Crippen LogP contribution in [0.2, 0.25) is 0 Å². The fraction of sp³-hybridized carbons (Fsp3) is 0.333. The highest BCUT2D eigenvalue weighted by molar-refractivity contribution is 14.1. The maximum absolute atomic E-state index is 12.9. The molecule has 0 bridgehead atoms. The van der Waals surface area contributed by atoms with Gasteiger partial charge in [0.1, 0.15) is 0 Å². The number of nitrogens with one attached hydrogen (secondary N) is 1. The Morgan fingerprint density at radius 1 is 1.32 bits per heavy atom. The molecule has 0 aliphatic heterocycles. The number of carbonyl (C=O) groups is 2. The first-order valence-electron chi connectivity index (χ1n) is 5.62. The van der Waals surface area contributed by atoms with Gasteiger partial charge >= 0.3 is 12.1 Å². The van der Waals surface area contributed by atoms with E-state index < -0.39 is 29.0 Å². The van der Waals surface area contributed by atoms with Gasteiger partial charge in [0.25, 0.3) is 5.60 Å². The molecule has 0 spiro atoms. The molecule has 122 valence electrons. The van der Waals surface area contributed by atoms with Crippen LogP contribution in [0.3, 0.4) is 0 Å². The molecule has 1 amide bonds. The molecule has 22 heavy (non-hydrogen) atoms. The third-order valence-corrected chi connectivity index (χ3v) is 3.87. The normalized spacial score (nSPS) is 15.6. The van der Waals surface area contributed by atoms with Gasteiger partial charge in [-0.3, -0.25) is 4.79 Å². The lowest BCUT2D eigenvalue weighted by Crippen LogP contribution is -2.62. The van der Waals surface area contributed by atoms with Crippen LogP contribution in [0.4, 0.5) is 18.9 Å². The second-order valence-electron chi connectivity index (χ2n) is 4.11. The number of anilines is 1. The molecule has 0 aliphatic carbocycles. The minimum absolute atomic E-state index is 0.158. The van der Waals surface area contributed by atoms with Crippen molar-refractivity contribution in [2.45, 2.75) is 17.2 Å². The number of carbonyl (C=O) groups excluding carboxylic acids is 2. The average Bonchev–Trinajstić information content (AvgIpc) is 2.45. The number of amides is 1. The molecular formula is C12H10ClF3INO4. The molecule has 2 N–H and O–H groups in total. The van der Waals surface area contributed by atoms with Gasteiger partial charge in [-0.05, 0) is 46.9 Å². The average molecular weight is 452 g/mol. The summed E-state index contributed by atoms with van der Waals surface area (Å²) < 4.78 is 43.5. The van der Waals surface area contributed by atoms with E-state index in [1.54, 1.807) is 12.1 Å². The topological polar surface area (TPSA) is 75.6 Å². The Bertz CT molecular complexity index is 566. The van der Waals surface area contributed by atoms with E-state index in [0.717, 1.165) is 3.57 Å². The van der Waals surface area contributed by atoms with Crippen LogP contribution in [0, 0.1) is 3.57 Å². The fourth-order valence-corrected chi connectivity index (χ4v) is 2.07. The molecule has 1 aromatic rings. The molecule has 0 saturated heterocycles. The van der Waals surface area contributed by atoms with E-state index in [-0.39, 0.29) is 5.69 Å². The minimum Gasteiger partial charge on any atom is -0.467 e. The largest absolute Gasteiger partial charge is 0.467 e. The van der Waals surface area contributed by atoms with E-state index in [1.807, 2.05) is 22.6 Å². The summed E-state index contributed by atoms with van der Waals surface area (Å²) in [7, 11) is 0.639. The zero-order valence-electron chi connectivity index (χ0n) is 10.9. The number of rotatable bonds is 4. The third kappa shape index (κ3) is 3.82. The summed E-state index contributed by atoms with van der Waals surface area (Å²) in [5.74, 6) is -3.47. The summed E-state index contributed by atoms with van der Waals surface area (Å²) in [5.41, 5.74) is -4.00. The lowest BCUT2D eigenvalue weighted by Gasteiger charge is -2.30. The smallest absolute Gasteiger partial charge is 0.430 e. The Morgan fingerprint density at radius 2 is 1.82 bits per heavy atom. The summed E-state index contributed by atoms with van der Waals surface area (Å²) in [6, 6.07) is 6.04. The number of ether oxygens (including phenoxy) is 1. The van der Waals surface area contributed by atoms with Crippen molar-refractivity contribution >= 4 is 51.8 Å². The van der Waals surface area contributed by atoms with Crippen LogP contribution >= 0.6 is 34.2 Å². The lowest BCUT2D eigenvalue weighted by molar-refractivity contribution is -0.260. The standard InChI is InChI=1S/C12H10ClF3INO4/c1-22-10(20)11(21,12(14,15)16)8(13)9(19)18-7-4-2-6(17)3-5-7/h2-5,8,21H,1H3,(H,18,19)/t8-,11-/m0/s1. The highest BCUT2D eigenvalue weighted by Crippen LogP contribution is 2.37. The number of hydrogen-bond acceptors (Lipinski definition) is 4. The Balaban J connectivity index is 3.04. The summed E-state index contributed by atoms with van der Waals surface area (Å²) in [6.07, 6.45) is -5.49. The maximum atomic E-state index is 12.9. The Labute approximate surface area is 141 Å². The monoisotopic (exact) mass is 451 g/mol. The minimum atomic E-state index is -5.49. The number of methoxy groups -OCH3 is 1. The van der Waals surface area contributed by atoms with Crippen LogP contribution in [-0.2, 0) is 14.3 Å². The first-order chi connectivity index (χ1) is 10.0. The van der Waals surface area contributed by atoms with E-state index in [4.69, 9.17) is 11.6 Å². The van der Waals surface area contributed by atoms with Crippen LogP contribution in [0.25, 0.3) is 0 Å². The number of hydrogen-bond donors (Lipinski definition) is 2. The van der Waals surface area contributed by atoms with E-state index in [9.17, 15) is 27.9 Å². The van der Waals surface area contributed by atoms with Crippen LogP contribution in [0.1, 0.15) is 0 Å². The molecule has 0 radical (unpaired) electrons. The van der Waals surface area contributed by atoms with Crippen LogP contribution < -0.4 is 5.32 Å². The van der Waals surface area contributed by atoms with E-state index >= 15 is 0 Å². The van der Waals surface area contributed by atoms with Gasteiger partial charge in [-0.15, -0.1) is 11.6 Å². The second-order valence-corrected chi connectivity index (χ2v) is 5.80. The van der Waals surface area contributed by atoms with Gasteiger partial charge in [0.05, 0.1) is 7.11 Å². The second kappa shape index (κ2) is 7.01. The van der Waals surface area contributed by atoms with E-state index in [0.29, 0.717) is 7.11 Å². The Hall–Kier alpha value is -1.07. The Kier molecular flexibility index (Phi) is 6.04. The van der Waals surface area contributed by atoms with Crippen molar-refractivity contribution < 1.29 is 32.6 Å². The van der Waals surface area contributed by atoms with Crippen molar-refractivity contribution in [1.82, 2.24) is 0 Å². The van der Waals surface area contributed by atoms with Gasteiger partial charge in [-0.1, -0.05) is 0 Å². The number of alkyl halides is 4. The first kappa shape index (κ1) is 19.0. The van der Waals surface area contributed by atoms with Gasteiger partial charge in [0.2, 0.25) is 5.91 Å². The van der Waals surface area contributed by atoms with Crippen molar-refractivity contribution in [3.8, 4) is 0 Å². The van der Waals surface area contributed by atoms with Crippen molar-refractivity contribution in [2.24, 2.45) is 0 Å².